The predicted octanol–water partition coefficient (Wildman–Crippen LogP) is 7.31. The summed E-state index contributed by atoms with van der Waals surface area (Å²) in [7, 11) is -5.88. The van der Waals surface area contributed by atoms with Gasteiger partial charge in [-0.05, 0) is 80.6 Å². The van der Waals surface area contributed by atoms with Crippen LogP contribution < -0.4 is 0 Å². The summed E-state index contributed by atoms with van der Waals surface area (Å²) in [6.07, 6.45) is 4.40. The highest BCUT2D eigenvalue weighted by molar-refractivity contribution is 7.53. The molecule has 0 radical (unpaired) electrons. The lowest BCUT2D eigenvalue weighted by molar-refractivity contribution is 0.113. The molecule has 0 aliphatic carbocycles. The van der Waals surface area contributed by atoms with Gasteiger partial charge in [0.1, 0.15) is 0 Å². The van der Waals surface area contributed by atoms with Crippen molar-refractivity contribution < 1.29 is 74.9 Å². The van der Waals surface area contributed by atoms with E-state index in [0.29, 0.717) is 32.3 Å². The van der Waals surface area contributed by atoms with Gasteiger partial charge in [0.05, 0.1) is 68.4 Å². The second-order valence-corrected chi connectivity index (χ2v) is 19.7. The van der Waals surface area contributed by atoms with E-state index < -0.39 is 30.4 Å². The average Bonchev–Trinajstić information content (AvgIpc) is 3.04. The van der Waals surface area contributed by atoms with Crippen molar-refractivity contribution in [1.82, 2.24) is 0 Å². The van der Waals surface area contributed by atoms with Crippen LogP contribution in [-0.2, 0) is 55.3 Å². The van der Waals surface area contributed by atoms with Gasteiger partial charge < -0.3 is 56.6 Å². The molecule has 50 heavy (non-hydrogen) atoms. The Hall–Kier alpha value is 0.440. The van der Waals surface area contributed by atoms with Gasteiger partial charge in [-0.2, -0.15) is 0 Å². The summed E-state index contributed by atoms with van der Waals surface area (Å²) < 4.78 is 83.4. The van der Waals surface area contributed by atoms with E-state index in [-0.39, 0.29) is 61.8 Å². The van der Waals surface area contributed by atoms with E-state index >= 15 is 0 Å². The second-order valence-electron chi connectivity index (χ2n) is 11.7. The highest BCUT2D eigenvalue weighted by Crippen LogP contribution is 2.45. The number of rotatable bonds is 25. The maximum atomic E-state index is 11.4. The Kier molecular flexibility index (Phi) is 37.5. The van der Waals surface area contributed by atoms with Gasteiger partial charge in [-0.1, -0.05) is 13.3 Å². The fraction of sp³-hybridized carbons (Fsp3) is 1.00. The molecule has 0 rings (SSSR count). The van der Waals surface area contributed by atoms with Crippen molar-refractivity contribution >= 4 is 30.4 Å². The molecule has 0 aromatic heterocycles. The van der Waals surface area contributed by atoms with Crippen LogP contribution in [0.4, 0.5) is 0 Å². The maximum absolute atomic E-state index is 11.4. The monoisotopic (exact) mass is 812 g/mol. The minimum atomic E-state index is -3.40. The van der Waals surface area contributed by atoms with E-state index in [1.54, 1.807) is 49.2 Å². The zero-order valence-corrected chi connectivity index (χ0v) is 36.4. The molecule has 0 aromatic carbocycles. The van der Waals surface area contributed by atoms with Crippen LogP contribution >= 0.6 is 30.4 Å². The predicted molar refractivity (Wildman–Crippen MR) is 199 cm³/mol. The van der Waals surface area contributed by atoms with Crippen LogP contribution in [0.25, 0.3) is 0 Å². The highest BCUT2D eigenvalue weighted by atomic mass is 31.2. The first-order valence-corrected chi connectivity index (χ1v) is 23.9. The van der Waals surface area contributed by atoms with Crippen molar-refractivity contribution in [3.63, 3.8) is 0 Å². The van der Waals surface area contributed by atoms with E-state index in [0.717, 1.165) is 12.8 Å². The zero-order valence-electron chi connectivity index (χ0n) is 32.8. The lowest BCUT2D eigenvalue weighted by Crippen LogP contribution is -2.10. The van der Waals surface area contributed by atoms with Crippen molar-refractivity contribution in [1.29, 1.82) is 0 Å². The van der Waals surface area contributed by atoms with Crippen molar-refractivity contribution in [2.24, 2.45) is 0 Å². The number of unbranched alkanes of at least 4 members (excludes halogenated alkanes) is 1. The third-order valence-corrected chi connectivity index (χ3v) is 12.5. The van der Waals surface area contributed by atoms with Crippen molar-refractivity contribution in [3.8, 4) is 0 Å². The summed E-state index contributed by atoms with van der Waals surface area (Å²) in [5.41, 5.74) is 0. The molecule has 8 atom stereocenters. The van der Waals surface area contributed by atoms with Gasteiger partial charge in [0.2, 0.25) is 0 Å². The molecule has 308 valence electrons. The first-order chi connectivity index (χ1) is 22.9. The molecule has 0 spiro atoms. The summed E-state index contributed by atoms with van der Waals surface area (Å²) in [4.78, 5) is 36.8. The quantitative estimate of drug-likeness (QED) is 0.0524. The molecule has 0 aromatic rings. The molecule has 16 nitrogen and oxygen atoms in total. The molecule has 0 bridgehead atoms. The SMILES string of the molecule is CCCCOP(=O)(O)CCC(C)OC.CCOP(=O)(O)CCC(C)OC.COC(C)CCP(=O)(O)OC.COC(C)CCP(=O)(O)OC(C)C. The first-order valence-electron chi connectivity index (χ1n) is 16.8. The Morgan fingerprint density at radius 2 is 0.820 bits per heavy atom. The fourth-order valence-electron chi connectivity index (χ4n) is 3.01. The molecule has 0 saturated heterocycles. The summed E-state index contributed by atoms with van der Waals surface area (Å²) in [5, 5.41) is 0. The van der Waals surface area contributed by atoms with E-state index in [2.05, 4.69) is 9.05 Å². The standard InChI is InChI=1S/C9H21O4P.C8H19O4P.C7H17O4P.C6H15O4P/c1-4-5-7-13-14(10,11)8-6-9(2)12-3;1-7(2)12-13(9,10)6-5-8(3)11-4;1-4-11-12(8,9)6-5-7(2)10-3;1-6(9-2)4-5-11(7,8)10-3/h9H,4-8H2,1-3H3,(H,10,11);7-8H,5-6H2,1-4H3,(H,9,10);7H,4-6H2,1-3H3,(H,8,9);6H,4-5H2,1-3H3,(H,7,8). The zero-order chi connectivity index (χ0) is 40.0. The molecule has 4 N–H and O–H groups in total. The van der Waals surface area contributed by atoms with E-state index in [4.69, 9.17) is 37.8 Å². The van der Waals surface area contributed by atoms with Crippen molar-refractivity contribution in [2.45, 2.75) is 124 Å². The Balaban J connectivity index is -0.000000283. The third kappa shape index (κ3) is 42.8. The third-order valence-electron chi connectivity index (χ3n) is 6.66. The summed E-state index contributed by atoms with van der Waals surface area (Å²) in [5.74, 6) is 0. The van der Waals surface area contributed by atoms with E-state index in [1.165, 1.54) is 7.11 Å². The molecule has 0 aliphatic heterocycles. The average molecular weight is 813 g/mol. The summed E-state index contributed by atoms with van der Waals surface area (Å²) in [6, 6.07) is 0. The van der Waals surface area contributed by atoms with Crippen LogP contribution in [0.5, 0.6) is 0 Å². The Morgan fingerprint density at radius 3 is 1.10 bits per heavy atom. The van der Waals surface area contributed by atoms with Crippen LogP contribution in [0.15, 0.2) is 0 Å². The molecule has 20 heteroatoms. The Labute approximate surface area is 302 Å². The van der Waals surface area contributed by atoms with Crippen LogP contribution in [0.2, 0.25) is 0 Å². The number of hydrogen-bond acceptors (Lipinski definition) is 12. The topological polar surface area (TPSA) is 223 Å². The van der Waals surface area contributed by atoms with Gasteiger partial charge in [0.15, 0.2) is 0 Å². The Bertz CT molecular complexity index is 971. The lowest BCUT2D eigenvalue weighted by atomic mass is 10.3. The van der Waals surface area contributed by atoms with Gasteiger partial charge in [-0.15, -0.1) is 0 Å². The summed E-state index contributed by atoms with van der Waals surface area (Å²) in [6.45, 7) is 15.2. The molecule has 0 heterocycles. The first kappa shape index (κ1) is 57.2. The van der Waals surface area contributed by atoms with Crippen LogP contribution in [0.3, 0.4) is 0 Å². The molecule has 0 amide bonds. The minimum absolute atomic E-state index is 0.00348. The number of methoxy groups -OCH3 is 4. The maximum Gasteiger partial charge on any atom is 0.328 e. The van der Waals surface area contributed by atoms with Crippen molar-refractivity contribution in [2.75, 3.05) is 73.4 Å². The van der Waals surface area contributed by atoms with Gasteiger partial charge in [-0.3, -0.25) is 18.3 Å². The molecule has 8 unspecified atom stereocenters. The lowest BCUT2D eigenvalue weighted by Gasteiger charge is -2.16. The van der Waals surface area contributed by atoms with Crippen LogP contribution in [0.1, 0.15) is 93.9 Å². The van der Waals surface area contributed by atoms with Crippen LogP contribution in [-0.4, -0.2) is 124 Å². The molecular formula is C30H72O16P4. The molecular weight excluding hydrogens is 740 g/mol. The van der Waals surface area contributed by atoms with E-state index in [1.807, 2.05) is 34.6 Å². The summed E-state index contributed by atoms with van der Waals surface area (Å²) >= 11 is 0. The van der Waals surface area contributed by atoms with Gasteiger partial charge in [-0.25, -0.2) is 0 Å². The van der Waals surface area contributed by atoms with Gasteiger partial charge >= 0.3 is 30.4 Å². The second kappa shape index (κ2) is 32.8. The van der Waals surface area contributed by atoms with Gasteiger partial charge in [0.25, 0.3) is 0 Å². The highest BCUT2D eigenvalue weighted by Gasteiger charge is 2.22. The largest absolute Gasteiger partial charge is 0.382 e. The Morgan fingerprint density at radius 1 is 0.500 bits per heavy atom. The molecule has 0 fully saturated rings. The number of ether oxygens (including phenoxy) is 4. The van der Waals surface area contributed by atoms with Crippen LogP contribution in [0, 0.1) is 0 Å². The number of hydrogen-bond donors (Lipinski definition) is 4. The van der Waals surface area contributed by atoms with Crippen molar-refractivity contribution in [3.05, 3.63) is 0 Å². The minimum Gasteiger partial charge on any atom is -0.382 e. The molecule has 0 aliphatic rings. The molecule has 0 saturated carbocycles. The van der Waals surface area contributed by atoms with E-state index in [9.17, 15) is 28.0 Å². The smallest absolute Gasteiger partial charge is 0.328 e. The van der Waals surface area contributed by atoms with Gasteiger partial charge in [0, 0.05) is 35.5 Å². The normalized spacial score (nSPS) is 18.5. The fourth-order valence-corrected chi connectivity index (χ4v) is 7.79.